The lowest BCUT2D eigenvalue weighted by molar-refractivity contribution is 0.0737. The highest BCUT2D eigenvalue weighted by Gasteiger charge is 2.36. The Hall–Kier alpha value is -0.780. The van der Waals surface area contributed by atoms with Gasteiger partial charge < -0.3 is 5.11 Å². The van der Waals surface area contributed by atoms with E-state index >= 15 is 0 Å². The molecule has 0 unspecified atom stereocenters. The summed E-state index contributed by atoms with van der Waals surface area (Å²) in [6.45, 7) is 0. The van der Waals surface area contributed by atoms with Gasteiger partial charge in [-0.25, -0.2) is 0 Å². The maximum Gasteiger partial charge on any atom is 0.220 e. The Labute approximate surface area is 119 Å². The molecule has 0 heterocycles. The van der Waals surface area contributed by atoms with E-state index in [4.69, 9.17) is 0 Å². The summed E-state index contributed by atoms with van der Waals surface area (Å²) < 4.78 is 23.1. The van der Waals surface area contributed by atoms with Crippen molar-refractivity contribution in [3.8, 4) is 0 Å². The highest BCUT2D eigenvalue weighted by Crippen LogP contribution is 2.31. The molecule has 0 atom stereocenters. The zero-order valence-corrected chi connectivity index (χ0v) is 12.6. The van der Waals surface area contributed by atoms with Crippen molar-refractivity contribution in [1.29, 1.82) is 0 Å². The maximum atomic E-state index is 11.6. The van der Waals surface area contributed by atoms with Crippen molar-refractivity contribution in [3.05, 3.63) is 29.8 Å². The predicted octanol–water partition coefficient (Wildman–Crippen LogP) is 2.50. The van der Waals surface area contributed by atoms with Gasteiger partial charge in [0, 0.05) is 4.90 Å². The average Bonchev–Trinajstić information content (AvgIpc) is 2.40. The molecule has 0 radical (unpaired) electrons. The van der Waals surface area contributed by atoms with Crippen molar-refractivity contribution in [3.63, 3.8) is 0 Å². The first-order valence-corrected chi connectivity index (χ1v) is 8.70. The third-order valence-corrected chi connectivity index (χ3v) is 5.31. The Morgan fingerprint density at radius 1 is 1.16 bits per heavy atom. The molecule has 0 saturated heterocycles. The van der Waals surface area contributed by atoms with E-state index in [1.54, 1.807) is 23.9 Å². The zero-order chi connectivity index (χ0) is 13.9. The summed E-state index contributed by atoms with van der Waals surface area (Å²) in [7, 11) is -2.39. The monoisotopic (exact) mass is 298 g/mol. The Balaban J connectivity index is 2.44. The molecule has 0 amide bonds. The summed E-state index contributed by atoms with van der Waals surface area (Å²) in [4.78, 5) is 1.23. The molecule has 3 nitrogen and oxygen atoms in total. The Bertz CT molecular complexity index is 559. The second kappa shape index (κ2) is 6.11. The van der Waals surface area contributed by atoms with Gasteiger partial charge in [0.25, 0.3) is 0 Å². The number of hydrogen-bond acceptors (Lipinski definition) is 4. The lowest BCUT2D eigenvalue weighted by Gasteiger charge is -2.32. The van der Waals surface area contributed by atoms with E-state index in [2.05, 4.69) is 0 Å². The molecule has 2 rings (SSSR count). The highest BCUT2D eigenvalue weighted by molar-refractivity contribution is 7.98. The first kappa shape index (κ1) is 14.6. The van der Waals surface area contributed by atoms with Gasteiger partial charge in [0.2, 0.25) is 10.3 Å². The molecule has 1 N–H and O–H groups in total. The predicted molar refractivity (Wildman–Crippen MR) is 79.3 cm³/mol. The Morgan fingerprint density at radius 2 is 1.74 bits per heavy atom. The lowest BCUT2D eigenvalue weighted by Crippen LogP contribution is -2.41. The van der Waals surface area contributed by atoms with E-state index in [1.807, 2.05) is 18.4 Å². The van der Waals surface area contributed by atoms with Crippen LogP contribution >= 0.6 is 11.8 Å². The molecule has 0 aromatic heterocycles. The molecule has 0 bridgehead atoms. The van der Waals surface area contributed by atoms with Gasteiger partial charge in [-0.15, -0.1) is 11.8 Å². The number of hydrogen-bond donors (Lipinski definition) is 1. The highest BCUT2D eigenvalue weighted by atomic mass is 32.2. The molecule has 1 aliphatic carbocycles. The largest absolute Gasteiger partial charge is 0.384 e. The minimum Gasteiger partial charge on any atom is -0.384 e. The van der Waals surface area contributed by atoms with E-state index in [-0.39, 0.29) is 4.86 Å². The summed E-state index contributed by atoms with van der Waals surface area (Å²) in [5.41, 5.74) is -0.582. The molecule has 1 aliphatic rings. The lowest BCUT2D eigenvalue weighted by atomic mass is 9.80. The van der Waals surface area contributed by atoms with Crippen molar-refractivity contribution in [2.75, 3.05) is 6.26 Å². The number of benzene rings is 1. The zero-order valence-electron chi connectivity index (χ0n) is 10.9. The number of thioether (sulfide) groups is 1. The maximum absolute atomic E-state index is 11.6. The van der Waals surface area contributed by atoms with E-state index in [0.29, 0.717) is 18.4 Å². The van der Waals surface area contributed by atoms with Crippen molar-refractivity contribution in [2.24, 2.45) is 0 Å². The fourth-order valence-electron chi connectivity index (χ4n) is 2.63. The van der Waals surface area contributed by atoms with Crippen LogP contribution in [0.15, 0.2) is 29.2 Å². The normalized spacial score (nSPS) is 18.0. The Kier molecular flexibility index (Phi) is 4.71. The van der Waals surface area contributed by atoms with Crippen LogP contribution in [0.2, 0.25) is 0 Å². The molecule has 104 valence electrons. The van der Waals surface area contributed by atoms with Crippen LogP contribution in [0, 0.1) is 0 Å². The van der Waals surface area contributed by atoms with Crippen molar-refractivity contribution >= 4 is 26.9 Å². The second-order valence-electron chi connectivity index (χ2n) is 4.88. The van der Waals surface area contributed by atoms with Gasteiger partial charge in [-0.1, -0.05) is 31.4 Å². The molecule has 0 spiro atoms. The fourth-order valence-corrected chi connectivity index (χ4v) is 3.88. The van der Waals surface area contributed by atoms with Gasteiger partial charge >= 0.3 is 0 Å². The van der Waals surface area contributed by atoms with E-state index in [0.717, 1.165) is 24.2 Å². The van der Waals surface area contributed by atoms with Gasteiger partial charge in [-0.2, -0.15) is 8.42 Å². The van der Waals surface area contributed by atoms with Crippen LogP contribution in [0.3, 0.4) is 0 Å². The van der Waals surface area contributed by atoms with Gasteiger partial charge in [0.05, 0.1) is 0 Å². The first-order chi connectivity index (χ1) is 9.07. The van der Waals surface area contributed by atoms with Crippen molar-refractivity contribution in [1.82, 2.24) is 0 Å². The van der Waals surface area contributed by atoms with Gasteiger partial charge in [0.1, 0.15) is 10.5 Å². The molecular formula is C14H18O3S2. The van der Waals surface area contributed by atoms with Crippen LogP contribution in [0.5, 0.6) is 0 Å². The molecule has 19 heavy (non-hydrogen) atoms. The first-order valence-electron chi connectivity index (χ1n) is 6.40. The molecule has 1 fully saturated rings. The summed E-state index contributed by atoms with van der Waals surface area (Å²) in [5, 5.41) is 10.6. The second-order valence-corrected chi connectivity index (χ2v) is 6.64. The van der Waals surface area contributed by atoms with Crippen LogP contribution in [0.25, 0.3) is 0 Å². The number of aliphatic hydroxyl groups is 1. The molecular weight excluding hydrogens is 280 g/mol. The van der Waals surface area contributed by atoms with Crippen LogP contribution in [-0.4, -0.2) is 30.2 Å². The van der Waals surface area contributed by atoms with Crippen molar-refractivity contribution < 1.29 is 13.5 Å². The van der Waals surface area contributed by atoms with Gasteiger partial charge in [-0.3, -0.25) is 0 Å². The summed E-state index contributed by atoms with van der Waals surface area (Å²) >= 11 is 1.61. The van der Waals surface area contributed by atoms with Crippen LogP contribution in [-0.2, 0) is 10.3 Å². The van der Waals surface area contributed by atoms with Gasteiger partial charge in [0.15, 0.2) is 0 Å². The summed E-state index contributed by atoms with van der Waals surface area (Å²) in [6, 6.07) is 7.34. The SMILES string of the molecule is CSc1ccc(C(=S(=O)=O)C2(O)CCCCC2)cc1. The third-order valence-electron chi connectivity index (χ3n) is 3.62. The van der Waals surface area contributed by atoms with Crippen LogP contribution < -0.4 is 0 Å². The fraction of sp³-hybridized carbons (Fsp3) is 0.500. The van der Waals surface area contributed by atoms with E-state index < -0.39 is 15.9 Å². The number of rotatable bonds is 3. The molecule has 1 saturated carbocycles. The topological polar surface area (TPSA) is 54.4 Å². The standard InChI is InChI=1S/C14H18O3S2/c1-18-12-7-5-11(6-8-12)13(19(16)17)14(15)9-3-2-4-10-14/h5-8,15H,2-4,9-10H2,1H3. The van der Waals surface area contributed by atoms with E-state index in [9.17, 15) is 13.5 Å². The van der Waals surface area contributed by atoms with Gasteiger partial charge in [-0.05, 0) is 36.8 Å². The smallest absolute Gasteiger partial charge is 0.220 e. The quantitative estimate of drug-likeness (QED) is 0.529. The summed E-state index contributed by atoms with van der Waals surface area (Å²) in [6.07, 6.45) is 5.84. The molecule has 1 aromatic rings. The Morgan fingerprint density at radius 3 is 2.21 bits per heavy atom. The minimum atomic E-state index is -2.39. The molecule has 5 heteroatoms. The van der Waals surface area contributed by atoms with Crippen LogP contribution in [0.1, 0.15) is 37.7 Å². The molecule has 1 aromatic carbocycles. The minimum absolute atomic E-state index is 0.153. The van der Waals surface area contributed by atoms with E-state index in [1.165, 1.54) is 0 Å². The average molecular weight is 298 g/mol. The summed E-state index contributed by atoms with van der Waals surface area (Å²) in [5.74, 6) is 0. The molecule has 0 aliphatic heterocycles. The van der Waals surface area contributed by atoms with Crippen molar-refractivity contribution in [2.45, 2.75) is 42.6 Å². The third kappa shape index (κ3) is 3.22. The van der Waals surface area contributed by atoms with Crippen LogP contribution in [0.4, 0.5) is 0 Å².